The summed E-state index contributed by atoms with van der Waals surface area (Å²) in [5.74, 6) is 0.546. The van der Waals surface area contributed by atoms with Gasteiger partial charge < -0.3 is 15.5 Å². The Morgan fingerprint density at radius 3 is 2.05 bits per heavy atom. The maximum atomic E-state index is 10.4. The number of rotatable bonds is 7. The molecule has 0 heterocycles. The van der Waals surface area contributed by atoms with Crippen molar-refractivity contribution in [1.29, 1.82) is 0 Å². The SMILES string of the molecule is CCC(C)c1ccc(C(O)C(C)NC(C)(C)CO)cc1. The summed E-state index contributed by atoms with van der Waals surface area (Å²) >= 11 is 0. The highest BCUT2D eigenvalue weighted by Gasteiger charge is 2.24. The summed E-state index contributed by atoms with van der Waals surface area (Å²) in [5.41, 5.74) is 1.82. The average molecular weight is 279 g/mol. The van der Waals surface area contributed by atoms with E-state index in [1.807, 2.05) is 32.9 Å². The Balaban J connectivity index is 2.74. The molecule has 3 N–H and O–H groups in total. The third kappa shape index (κ3) is 4.58. The lowest BCUT2D eigenvalue weighted by atomic mass is 9.94. The van der Waals surface area contributed by atoms with Gasteiger partial charge >= 0.3 is 0 Å². The quantitative estimate of drug-likeness (QED) is 0.719. The van der Waals surface area contributed by atoms with Crippen molar-refractivity contribution in [2.24, 2.45) is 0 Å². The second-order valence-electron chi connectivity index (χ2n) is 6.40. The van der Waals surface area contributed by atoms with E-state index in [1.165, 1.54) is 5.56 Å². The summed E-state index contributed by atoms with van der Waals surface area (Å²) in [4.78, 5) is 0. The first-order valence-corrected chi connectivity index (χ1v) is 7.47. The van der Waals surface area contributed by atoms with Gasteiger partial charge in [0.15, 0.2) is 0 Å². The average Bonchev–Trinajstić information content (AvgIpc) is 2.45. The number of benzene rings is 1. The first-order chi connectivity index (χ1) is 9.30. The molecule has 0 saturated heterocycles. The second kappa shape index (κ2) is 7.21. The van der Waals surface area contributed by atoms with Crippen LogP contribution >= 0.6 is 0 Å². The van der Waals surface area contributed by atoms with Crippen LogP contribution in [0, 0.1) is 0 Å². The summed E-state index contributed by atoms with van der Waals surface area (Å²) in [6.45, 7) is 10.2. The third-order valence-corrected chi connectivity index (χ3v) is 3.95. The highest BCUT2D eigenvalue weighted by atomic mass is 16.3. The summed E-state index contributed by atoms with van der Waals surface area (Å²) in [7, 11) is 0. The lowest BCUT2D eigenvalue weighted by Gasteiger charge is -2.31. The Labute approximate surface area is 123 Å². The van der Waals surface area contributed by atoms with Crippen LogP contribution in [0.1, 0.15) is 64.2 Å². The predicted octanol–water partition coefficient (Wildman–Crippen LogP) is 2.98. The minimum Gasteiger partial charge on any atom is -0.394 e. The first kappa shape index (κ1) is 17.2. The summed E-state index contributed by atoms with van der Waals surface area (Å²) in [6, 6.07) is 8.06. The van der Waals surface area contributed by atoms with Gasteiger partial charge in [-0.25, -0.2) is 0 Å². The lowest BCUT2D eigenvalue weighted by Crippen LogP contribution is -2.49. The van der Waals surface area contributed by atoms with Crippen molar-refractivity contribution in [3.05, 3.63) is 35.4 Å². The van der Waals surface area contributed by atoms with Crippen LogP contribution in [-0.2, 0) is 0 Å². The fourth-order valence-corrected chi connectivity index (χ4v) is 2.29. The normalized spacial score (nSPS) is 16.8. The fourth-order valence-electron chi connectivity index (χ4n) is 2.29. The van der Waals surface area contributed by atoms with Crippen LogP contribution in [0.25, 0.3) is 0 Å². The van der Waals surface area contributed by atoms with Crippen LogP contribution in [0.2, 0.25) is 0 Å². The number of hydrogen-bond donors (Lipinski definition) is 3. The van der Waals surface area contributed by atoms with Gasteiger partial charge in [0.05, 0.1) is 12.7 Å². The third-order valence-electron chi connectivity index (χ3n) is 3.95. The first-order valence-electron chi connectivity index (χ1n) is 7.47. The van der Waals surface area contributed by atoms with Gasteiger partial charge in [0.1, 0.15) is 0 Å². The van der Waals surface area contributed by atoms with Gasteiger partial charge in [-0.05, 0) is 44.2 Å². The van der Waals surface area contributed by atoms with Crippen LogP contribution in [-0.4, -0.2) is 28.4 Å². The molecule has 0 aromatic heterocycles. The van der Waals surface area contributed by atoms with Crippen molar-refractivity contribution in [3.8, 4) is 0 Å². The van der Waals surface area contributed by atoms with E-state index in [0.29, 0.717) is 5.92 Å². The molecule has 3 atom stereocenters. The Morgan fingerprint density at radius 1 is 1.10 bits per heavy atom. The van der Waals surface area contributed by atoms with Gasteiger partial charge in [-0.1, -0.05) is 38.1 Å². The molecule has 0 saturated carbocycles. The van der Waals surface area contributed by atoms with Crippen LogP contribution in [0.5, 0.6) is 0 Å². The predicted molar refractivity (Wildman–Crippen MR) is 83.9 cm³/mol. The number of aliphatic hydroxyl groups is 2. The van der Waals surface area contributed by atoms with E-state index in [4.69, 9.17) is 0 Å². The molecule has 114 valence electrons. The molecule has 0 fully saturated rings. The van der Waals surface area contributed by atoms with Crippen molar-refractivity contribution in [3.63, 3.8) is 0 Å². The zero-order valence-electron chi connectivity index (χ0n) is 13.4. The van der Waals surface area contributed by atoms with Crippen molar-refractivity contribution in [2.75, 3.05) is 6.61 Å². The minimum atomic E-state index is -0.577. The molecular formula is C17H29NO2. The van der Waals surface area contributed by atoms with Crippen LogP contribution < -0.4 is 5.32 Å². The highest BCUT2D eigenvalue weighted by molar-refractivity contribution is 5.27. The molecule has 0 aliphatic rings. The van der Waals surface area contributed by atoms with E-state index in [-0.39, 0.29) is 12.6 Å². The number of aliphatic hydroxyl groups excluding tert-OH is 2. The van der Waals surface area contributed by atoms with E-state index in [0.717, 1.165) is 12.0 Å². The standard InChI is InChI=1S/C17H29NO2/c1-6-12(2)14-7-9-15(10-8-14)16(20)13(3)18-17(4,5)11-19/h7-10,12-13,16,18-20H,6,11H2,1-5H3. The van der Waals surface area contributed by atoms with E-state index in [9.17, 15) is 10.2 Å². The van der Waals surface area contributed by atoms with Crippen molar-refractivity contribution < 1.29 is 10.2 Å². The molecule has 3 unspecified atom stereocenters. The summed E-state index contributed by atoms with van der Waals surface area (Å²) in [6.07, 6.45) is 0.539. The zero-order valence-corrected chi connectivity index (χ0v) is 13.4. The second-order valence-corrected chi connectivity index (χ2v) is 6.40. The van der Waals surface area contributed by atoms with Gasteiger partial charge in [0.2, 0.25) is 0 Å². The maximum Gasteiger partial charge on any atom is 0.0940 e. The van der Waals surface area contributed by atoms with E-state index in [1.54, 1.807) is 0 Å². The largest absolute Gasteiger partial charge is 0.394 e. The van der Waals surface area contributed by atoms with E-state index in [2.05, 4.69) is 31.3 Å². The molecule has 3 nitrogen and oxygen atoms in total. The maximum absolute atomic E-state index is 10.4. The summed E-state index contributed by atoms with van der Waals surface area (Å²) < 4.78 is 0. The molecule has 0 aliphatic carbocycles. The molecule has 1 aromatic carbocycles. The van der Waals surface area contributed by atoms with Crippen LogP contribution in [0.3, 0.4) is 0 Å². The minimum absolute atomic E-state index is 0.0387. The molecule has 0 aliphatic heterocycles. The molecule has 0 bridgehead atoms. The smallest absolute Gasteiger partial charge is 0.0940 e. The Bertz CT molecular complexity index is 400. The van der Waals surface area contributed by atoms with Gasteiger partial charge in [0.25, 0.3) is 0 Å². The number of hydrogen-bond acceptors (Lipinski definition) is 3. The Hall–Kier alpha value is -0.900. The van der Waals surface area contributed by atoms with Crippen molar-refractivity contribution >= 4 is 0 Å². The molecule has 0 radical (unpaired) electrons. The van der Waals surface area contributed by atoms with Gasteiger partial charge in [0, 0.05) is 11.6 Å². The Kier molecular flexibility index (Phi) is 6.18. The summed E-state index contributed by atoms with van der Waals surface area (Å²) in [5, 5.41) is 22.9. The van der Waals surface area contributed by atoms with Gasteiger partial charge in [-0.3, -0.25) is 0 Å². The molecule has 20 heavy (non-hydrogen) atoms. The molecule has 1 aromatic rings. The topological polar surface area (TPSA) is 52.5 Å². The molecule has 1 rings (SSSR count). The highest BCUT2D eigenvalue weighted by Crippen LogP contribution is 2.23. The van der Waals surface area contributed by atoms with Crippen molar-refractivity contribution in [2.45, 2.75) is 64.6 Å². The van der Waals surface area contributed by atoms with Gasteiger partial charge in [-0.15, -0.1) is 0 Å². The van der Waals surface area contributed by atoms with E-state index >= 15 is 0 Å². The lowest BCUT2D eigenvalue weighted by molar-refractivity contribution is 0.0991. The zero-order chi connectivity index (χ0) is 15.3. The van der Waals surface area contributed by atoms with E-state index < -0.39 is 11.6 Å². The Morgan fingerprint density at radius 2 is 1.60 bits per heavy atom. The molecule has 0 spiro atoms. The fraction of sp³-hybridized carbons (Fsp3) is 0.647. The van der Waals surface area contributed by atoms with Gasteiger partial charge in [-0.2, -0.15) is 0 Å². The van der Waals surface area contributed by atoms with Crippen molar-refractivity contribution in [1.82, 2.24) is 5.32 Å². The molecule has 3 heteroatoms. The van der Waals surface area contributed by atoms with Crippen LogP contribution in [0.4, 0.5) is 0 Å². The number of nitrogens with one attached hydrogen (secondary N) is 1. The monoisotopic (exact) mass is 279 g/mol. The molecular weight excluding hydrogens is 250 g/mol. The molecule has 0 amide bonds. The van der Waals surface area contributed by atoms with Crippen LogP contribution in [0.15, 0.2) is 24.3 Å².